The van der Waals surface area contributed by atoms with Crippen molar-refractivity contribution in [2.45, 2.75) is 0 Å². The third kappa shape index (κ3) is 3.84. The summed E-state index contributed by atoms with van der Waals surface area (Å²) in [5, 5.41) is 14.6. The molecule has 20 heavy (non-hydrogen) atoms. The Balaban J connectivity index is 1.93. The highest BCUT2D eigenvalue weighted by molar-refractivity contribution is 9.10. The number of hydrogen-bond donors (Lipinski definition) is 2. The number of hydrogen-bond acceptors (Lipinski definition) is 3. The molecule has 0 atom stereocenters. The van der Waals surface area contributed by atoms with Crippen molar-refractivity contribution in [2.75, 3.05) is 17.2 Å². The van der Waals surface area contributed by atoms with Gasteiger partial charge in [-0.05, 0) is 46.3 Å². The van der Waals surface area contributed by atoms with E-state index < -0.39 is 0 Å². The summed E-state index contributed by atoms with van der Waals surface area (Å²) in [7, 11) is 0. The Morgan fingerprint density at radius 1 is 1.20 bits per heavy atom. The van der Waals surface area contributed by atoms with E-state index in [4.69, 9.17) is 5.26 Å². The number of benzene rings is 2. The van der Waals surface area contributed by atoms with Crippen molar-refractivity contribution in [1.82, 2.24) is 0 Å². The maximum atomic E-state index is 11.8. The number of para-hydroxylation sites is 1. The molecule has 5 heteroatoms. The zero-order valence-corrected chi connectivity index (χ0v) is 12.1. The molecule has 100 valence electrons. The molecule has 0 aliphatic carbocycles. The lowest BCUT2D eigenvalue weighted by molar-refractivity contribution is -0.114. The summed E-state index contributed by atoms with van der Waals surface area (Å²) in [5.41, 5.74) is 2.07. The molecular formula is C15H12BrN3O. The minimum absolute atomic E-state index is 0.153. The van der Waals surface area contributed by atoms with Crippen LogP contribution in [0.5, 0.6) is 0 Å². The number of carbonyl (C=O) groups is 1. The Morgan fingerprint density at radius 3 is 2.60 bits per heavy atom. The molecule has 0 radical (unpaired) electrons. The Bertz CT molecular complexity index is 650. The average molecular weight is 330 g/mol. The van der Waals surface area contributed by atoms with Crippen LogP contribution in [-0.4, -0.2) is 12.5 Å². The second-order valence-corrected chi connectivity index (χ2v) is 4.93. The fourth-order valence-electron chi connectivity index (χ4n) is 1.62. The third-order valence-corrected chi connectivity index (χ3v) is 3.26. The molecule has 0 spiro atoms. The van der Waals surface area contributed by atoms with Crippen LogP contribution in [0, 0.1) is 11.3 Å². The number of nitrogens with zero attached hydrogens (tertiary/aromatic N) is 1. The lowest BCUT2D eigenvalue weighted by Gasteiger charge is -2.09. The molecule has 2 aromatic rings. The van der Waals surface area contributed by atoms with Crippen molar-refractivity contribution >= 4 is 33.2 Å². The van der Waals surface area contributed by atoms with Gasteiger partial charge in [0.1, 0.15) is 0 Å². The summed E-state index contributed by atoms with van der Waals surface area (Å²) in [6.45, 7) is 0.177. The molecule has 0 unspecified atom stereocenters. The molecular weight excluding hydrogens is 318 g/mol. The summed E-state index contributed by atoms with van der Waals surface area (Å²) in [4.78, 5) is 11.8. The number of nitriles is 1. The molecule has 1 amide bonds. The van der Waals surface area contributed by atoms with Gasteiger partial charge in [0.05, 0.1) is 23.9 Å². The summed E-state index contributed by atoms with van der Waals surface area (Å²) in [5.74, 6) is -0.153. The van der Waals surface area contributed by atoms with Gasteiger partial charge in [0.15, 0.2) is 0 Å². The summed E-state index contributed by atoms with van der Waals surface area (Å²) in [6.07, 6.45) is 0. The molecule has 0 aromatic heterocycles. The number of halogens is 1. The van der Waals surface area contributed by atoms with E-state index >= 15 is 0 Å². The van der Waals surface area contributed by atoms with E-state index in [1.807, 2.05) is 36.4 Å². The van der Waals surface area contributed by atoms with Gasteiger partial charge >= 0.3 is 0 Å². The van der Waals surface area contributed by atoms with Crippen molar-refractivity contribution in [2.24, 2.45) is 0 Å². The van der Waals surface area contributed by atoms with Crippen LogP contribution in [0.1, 0.15) is 5.56 Å². The van der Waals surface area contributed by atoms with E-state index in [0.29, 0.717) is 15.7 Å². The lowest BCUT2D eigenvalue weighted by Crippen LogP contribution is -2.21. The molecule has 0 aliphatic heterocycles. The van der Waals surface area contributed by atoms with Gasteiger partial charge in [0.25, 0.3) is 0 Å². The molecule has 0 bridgehead atoms. The quantitative estimate of drug-likeness (QED) is 0.903. The Kier molecular flexibility index (Phi) is 4.75. The van der Waals surface area contributed by atoms with Crippen LogP contribution < -0.4 is 10.6 Å². The van der Waals surface area contributed by atoms with Gasteiger partial charge in [-0.2, -0.15) is 5.26 Å². The number of anilines is 2. The minimum Gasteiger partial charge on any atom is -0.376 e. The van der Waals surface area contributed by atoms with Gasteiger partial charge in [0, 0.05) is 10.2 Å². The second-order valence-electron chi connectivity index (χ2n) is 4.07. The molecule has 4 nitrogen and oxygen atoms in total. The van der Waals surface area contributed by atoms with Crippen molar-refractivity contribution in [3.63, 3.8) is 0 Å². The predicted octanol–water partition coefficient (Wildman–Crippen LogP) is 3.37. The van der Waals surface area contributed by atoms with E-state index in [9.17, 15) is 4.79 Å². The number of nitrogens with one attached hydrogen (secondary N) is 2. The minimum atomic E-state index is -0.153. The van der Waals surface area contributed by atoms with Crippen LogP contribution in [0.25, 0.3) is 0 Å². The standard InChI is InChI=1S/C15H12BrN3O/c16-13-8-11(9-17)6-7-14(13)19-15(20)10-18-12-4-2-1-3-5-12/h1-8,18H,10H2,(H,19,20). The second kappa shape index (κ2) is 6.73. The first-order chi connectivity index (χ1) is 9.69. The topological polar surface area (TPSA) is 64.9 Å². The van der Waals surface area contributed by atoms with Gasteiger partial charge in [-0.15, -0.1) is 0 Å². The smallest absolute Gasteiger partial charge is 0.243 e. The van der Waals surface area contributed by atoms with Gasteiger partial charge < -0.3 is 10.6 Å². The van der Waals surface area contributed by atoms with Crippen LogP contribution in [0.15, 0.2) is 53.0 Å². The maximum absolute atomic E-state index is 11.8. The van der Waals surface area contributed by atoms with E-state index in [-0.39, 0.29) is 12.5 Å². The van der Waals surface area contributed by atoms with E-state index in [0.717, 1.165) is 5.69 Å². The molecule has 2 N–H and O–H groups in total. The number of rotatable bonds is 4. The summed E-state index contributed by atoms with van der Waals surface area (Å²) >= 11 is 3.33. The van der Waals surface area contributed by atoms with Crippen molar-refractivity contribution in [3.8, 4) is 6.07 Å². The first kappa shape index (κ1) is 14.1. The number of carbonyl (C=O) groups excluding carboxylic acids is 1. The SMILES string of the molecule is N#Cc1ccc(NC(=O)CNc2ccccc2)c(Br)c1. The lowest BCUT2D eigenvalue weighted by atomic mass is 10.2. The van der Waals surface area contributed by atoms with Crippen molar-refractivity contribution < 1.29 is 4.79 Å². The normalized spacial score (nSPS) is 9.60. The van der Waals surface area contributed by atoms with Gasteiger partial charge in [0.2, 0.25) is 5.91 Å². The zero-order chi connectivity index (χ0) is 14.4. The predicted molar refractivity (Wildman–Crippen MR) is 82.4 cm³/mol. The van der Waals surface area contributed by atoms with Crippen LogP contribution in [-0.2, 0) is 4.79 Å². The van der Waals surface area contributed by atoms with Gasteiger partial charge in [-0.25, -0.2) is 0 Å². The fourth-order valence-corrected chi connectivity index (χ4v) is 2.10. The maximum Gasteiger partial charge on any atom is 0.243 e. The molecule has 0 heterocycles. The summed E-state index contributed by atoms with van der Waals surface area (Å²) in [6, 6.07) is 16.6. The molecule has 2 aromatic carbocycles. The highest BCUT2D eigenvalue weighted by Crippen LogP contribution is 2.23. The van der Waals surface area contributed by atoms with Crippen LogP contribution >= 0.6 is 15.9 Å². The first-order valence-corrected chi connectivity index (χ1v) is 6.77. The largest absolute Gasteiger partial charge is 0.376 e. The van der Waals surface area contributed by atoms with E-state index in [1.54, 1.807) is 18.2 Å². The first-order valence-electron chi connectivity index (χ1n) is 5.97. The monoisotopic (exact) mass is 329 g/mol. The Morgan fingerprint density at radius 2 is 1.95 bits per heavy atom. The molecule has 0 saturated heterocycles. The Labute approximate surface area is 125 Å². The highest BCUT2D eigenvalue weighted by atomic mass is 79.9. The number of amides is 1. The highest BCUT2D eigenvalue weighted by Gasteiger charge is 2.06. The van der Waals surface area contributed by atoms with Gasteiger partial charge in [-0.3, -0.25) is 4.79 Å². The van der Waals surface area contributed by atoms with E-state index in [2.05, 4.69) is 26.6 Å². The molecule has 0 fully saturated rings. The molecule has 2 rings (SSSR count). The van der Waals surface area contributed by atoms with Crippen LogP contribution in [0.3, 0.4) is 0 Å². The zero-order valence-electron chi connectivity index (χ0n) is 10.6. The fraction of sp³-hybridized carbons (Fsp3) is 0.0667. The van der Waals surface area contributed by atoms with Crippen molar-refractivity contribution in [1.29, 1.82) is 5.26 Å². The third-order valence-electron chi connectivity index (χ3n) is 2.60. The van der Waals surface area contributed by atoms with E-state index in [1.165, 1.54) is 0 Å². The molecule has 0 saturated carbocycles. The van der Waals surface area contributed by atoms with Gasteiger partial charge in [-0.1, -0.05) is 18.2 Å². The molecule has 0 aliphatic rings. The average Bonchev–Trinajstić information content (AvgIpc) is 2.48. The summed E-state index contributed by atoms with van der Waals surface area (Å²) < 4.78 is 0.685. The van der Waals surface area contributed by atoms with Crippen LogP contribution in [0.2, 0.25) is 0 Å². The Hall–Kier alpha value is -2.32. The van der Waals surface area contributed by atoms with Crippen molar-refractivity contribution in [3.05, 3.63) is 58.6 Å². The van der Waals surface area contributed by atoms with Crippen LogP contribution in [0.4, 0.5) is 11.4 Å².